The van der Waals surface area contributed by atoms with Gasteiger partial charge in [0.2, 0.25) is 0 Å². The Morgan fingerprint density at radius 3 is 2.59 bits per heavy atom. The molecule has 0 spiro atoms. The number of hydrogen-bond donors (Lipinski definition) is 2. The van der Waals surface area contributed by atoms with Gasteiger partial charge in [-0.15, -0.1) is 0 Å². The second-order valence-electron chi connectivity index (χ2n) is 6.08. The number of methoxy groups -OCH3 is 1. The molecule has 0 saturated carbocycles. The molecule has 2 aromatic carbocycles. The Hall–Kier alpha value is -3.41. The van der Waals surface area contributed by atoms with Gasteiger partial charge in [0, 0.05) is 18.3 Å². The number of aromatic nitrogens is 2. The van der Waals surface area contributed by atoms with Crippen LogP contribution in [0.1, 0.15) is 21.6 Å². The van der Waals surface area contributed by atoms with Crippen LogP contribution in [0.3, 0.4) is 0 Å². The summed E-state index contributed by atoms with van der Waals surface area (Å²) >= 11 is 0. The van der Waals surface area contributed by atoms with E-state index in [9.17, 15) is 4.79 Å². The Bertz CT molecular complexity index is 910. The summed E-state index contributed by atoms with van der Waals surface area (Å²) in [7, 11) is 1.64. The molecule has 0 atom stereocenters. The number of para-hydroxylation sites is 1. The molecule has 6 heteroatoms. The zero-order valence-corrected chi connectivity index (χ0v) is 15.4. The second kappa shape index (κ2) is 8.80. The quantitative estimate of drug-likeness (QED) is 0.673. The fourth-order valence-corrected chi connectivity index (χ4v) is 2.60. The van der Waals surface area contributed by atoms with E-state index in [4.69, 9.17) is 4.74 Å². The lowest BCUT2D eigenvalue weighted by Gasteiger charge is -2.09. The molecule has 0 radical (unpaired) electrons. The molecule has 0 aliphatic rings. The third-order valence-corrected chi connectivity index (χ3v) is 4.17. The van der Waals surface area contributed by atoms with Gasteiger partial charge in [0.1, 0.15) is 23.6 Å². The molecule has 2 N–H and O–H groups in total. The number of ether oxygens (including phenoxy) is 1. The molecular formula is C21H22N4O2. The van der Waals surface area contributed by atoms with Crippen LogP contribution in [0, 0.1) is 6.92 Å². The summed E-state index contributed by atoms with van der Waals surface area (Å²) in [5.74, 6) is 1.18. The lowest BCUT2D eigenvalue weighted by Crippen LogP contribution is -2.26. The molecule has 3 aromatic rings. The van der Waals surface area contributed by atoms with E-state index in [0.717, 1.165) is 29.0 Å². The van der Waals surface area contributed by atoms with Crippen LogP contribution in [0.4, 0.5) is 11.5 Å². The van der Waals surface area contributed by atoms with E-state index in [2.05, 4.69) is 20.6 Å². The number of benzene rings is 2. The van der Waals surface area contributed by atoms with Gasteiger partial charge in [0.15, 0.2) is 0 Å². The van der Waals surface area contributed by atoms with Gasteiger partial charge >= 0.3 is 0 Å². The van der Waals surface area contributed by atoms with E-state index >= 15 is 0 Å². The highest BCUT2D eigenvalue weighted by Crippen LogP contribution is 2.18. The summed E-state index contributed by atoms with van der Waals surface area (Å²) in [4.78, 5) is 20.6. The van der Waals surface area contributed by atoms with Crippen LogP contribution in [0.5, 0.6) is 5.75 Å². The molecule has 138 valence electrons. The Kier molecular flexibility index (Phi) is 5.99. The summed E-state index contributed by atoms with van der Waals surface area (Å²) < 4.78 is 5.14. The van der Waals surface area contributed by atoms with Crippen LogP contribution in [0.25, 0.3) is 0 Å². The maximum atomic E-state index is 12.4. The molecule has 6 nitrogen and oxygen atoms in total. The largest absolute Gasteiger partial charge is 0.497 e. The molecular weight excluding hydrogens is 340 g/mol. The minimum atomic E-state index is -0.223. The average molecular weight is 362 g/mol. The van der Waals surface area contributed by atoms with E-state index in [1.54, 1.807) is 13.2 Å². The van der Waals surface area contributed by atoms with Gasteiger partial charge in [-0.3, -0.25) is 4.79 Å². The first kappa shape index (κ1) is 18.4. The number of amides is 1. The maximum absolute atomic E-state index is 12.4. The monoisotopic (exact) mass is 362 g/mol. The van der Waals surface area contributed by atoms with Crippen LogP contribution in [0.2, 0.25) is 0 Å². The topological polar surface area (TPSA) is 76.1 Å². The molecule has 1 heterocycles. The second-order valence-corrected chi connectivity index (χ2v) is 6.08. The Balaban J connectivity index is 1.57. The first-order chi connectivity index (χ1) is 13.2. The highest BCUT2D eigenvalue weighted by molar-refractivity contribution is 5.93. The summed E-state index contributed by atoms with van der Waals surface area (Å²) in [5, 5.41) is 6.11. The Labute approximate surface area is 158 Å². The summed E-state index contributed by atoms with van der Waals surface area (Å²) in [5.41, 5.74) is 3.50. The van der Waals surface area contributed by atoms with Gasteiger partial charge in [-0.05, 0) is 42.7 Å². The van der Waals surface area contributed by atoms with Crippen molar-refractivity contribution in [2.75, 3.05) is 19.0 Å². The molecule has 0 aliphatic carbocycles. The zero-order valence-electron chi connectivity index (χ0n) is 15.4. The van der Waals surface area contributed by atoms with E-state index < -0.39 is 0 Å². The normalized spacial score (nSPS) is 10.3. The van der Waals surface area contributed by atoms with Crippen molar-refractivity contribution in [2.24, 2.45) is 0 Å². The van der Waals surface area contributed by atoms with E-state index in [-0.39, 0.29) is 5.91 Å². The fourth-order valence-electron chi connectivity index (χ4n) is 2.60. The minimum absolute atomic E-state index is 0.223. The average Bonchev–Trinajstić information content (AvgIpc) is 2.70. The summed E-state index contributed by atoms with van der Waals surface area (Å²) in [6, 6.07) is 17.3. The Morgan fingerprint density at radius 2 is 1.85 bits per heavy atom. The van der Waals surface area contributed by atoms with E-state index in [1.807, 2.05) is 55.5 Å². The molecule has 0 fully saturated rings. The number of aryl methyl sites for hydroxylation is 1. The molecule has 0 unspecified atom stereocenters. The molecule has 0 saturated heterocycles. The van der Waals surface area contributed by atoms with Gasteiger partial charge in [0.05, 0.1) is 7.11 Å². The number of nitrogens with zero attached hydrogens (tertiary/aromatic N) is 2. The van der Waals surface area contributed by atoms with E-state index in [0.29, 0.717) is 18.1 Å². The number of nitrogens with one attached hydrogen (secondary N) is 2. The van der Waals surface area contributed by atoms with Crippen molar-refractivity contribution in [2.45, 2.75) is 13.3 Å². The van der Waals surface area contributed by atoms with Gasteiger partial charge in [-0.1, -0.05) is 30.3 Å². The van der Waals surface area contributed by atoms with Crippen molar-refractivity contribution < 1.29 is 9.53 Å². The molecule has 1 aromatic heterocycles. The number of rotatable bonds is 7. The summed E-state index contributed by atoms with van der Waals surface area (Å²) in [6.07, 6.45) is 2.12. The highest BCUT2D eigenvalue weighted by atomic mass is 16.5. The third-order valence-electron chi connectivity index (χ3n) is 4.17. The SMILES string of the molecule is COc1ccc(CCNC(=O)c2cc(Nc3ccccc3C)ncn2)cc1. The van der Waals surface area contributed by atoms with Crippen molar-refractivity contribution in [3.8, 4) is 5.75 Å². The summed E-state index contributed by atoms with van der Waals surface area (Å²) in [6.45, 7) is 2.53. The molecule has 0 bridgehead atoms. The van der Waals surface area contributed by atoms with Crippen molar-refractivity contribution in [1.82, 2.24) is 15.3 Å². The first-order valence-electron chi connectivity index (χ1n) is 8.71. The highest BCUT2D eigenvalue weighted by Gasteiger charge is 2.09. The first-order valence-corrected chi connectivity index (χ1v) is 8.71. The van der Waals surface area contributed by atoms with E-state index in [1.165, 1.54) is 6.33 Å². The Morgan fingerprint density at radius 1 is 1.07 bits per heavy atom. The number of carbonyl (C=O) groups excluding carboxylic acids is 1. The fraction of sp³-hybridized carbons (Fsp3) is 0.190. The lowest BCUT2D eigenvalue weighted by atomic mass is 10.1. The van der Waals surface area contributed by atoms with Gasteiger partial charge in [-0.25, -0.2) is 9.97 Å². The van der Waals surface area contributed by atoms with Crippen molar-refractivity contribution in [1.29, 1.82) is 0 Å². The predicted molar refractivity (Wildman–Crippen MR) is 106 cm³/mol. The van der Waals surface area contributed by atoms with Crippen LogP contribution < -0.4 is 15.4 Å². The number of carbonyl (C=O) groups is 1. The molecule has 1 amide bonds. The van der Waals surface area contributed by atoms with Gasteiger partial charge < -0.3 is 15.4 Å². The maximum Gasteiger partial charge on any atom is 0.270 e. The molecule has 0 aliphatic heterocycles. The standard InChI is InChI=1S/C21H22N4O2/c1-15-5-3-4-6-18(15)25-20-13-19(23-14-24-20)21(26)22-12-11-16-7-9-17(27-2)10-8-16/h3-10,13-14H,11-12H2,1-2H3,(H,22,26)(H,23,24,25). The van der Waals surface area contributed by atoms with Crippen molar-refractivity contribution in [3.05, 3.63) is 77.7 Å². The van der Waals surface area contributed by atoms with Crippen LogP contribution >= 0.6 is 0 Å². The predicted octanol–water partition coefficient (Wildman–Crippen LogP) is 3.51. The zero-order chi connectivity index (χ0) is 19.1. The van der Waals surface area contributed by atoms with Gasteiger partial charge in [-0.2, -0.15) is 0 Å². The molecule has 3 rings (SSSR count). The van der Waals surface area contributed by atoms with Crippen molar-refractivity contribution >= 4 is 17.4 Å². The molecule has 27 heavy (non-hydrogen) atoms. The van der Waals surface area contributed by atoms with Crippen LogP contribution in [-0.2, 0) is 6.42 Å². The van der Waals surface area contributed by atoms with Crippen LogP contribution in [-0.4, -0.2) is 29.5 Å². The minimum Gasteiger partial charge on any atom is -0.497 e. The number of anilines is 2. The lowest BCUT2D eigenvalue weighted by molar-refractivity contribution is 0.0949. The smallest absolute Gasteiger partial charge is 0.270 e. The van der Waals surface area contributed by atoms with Crippen LogP contribution in [0.15, 0.2) is 60.9 Å². The third kappa shape index (κ3) is 5.04. The van der Waals surface area contributed by atoms with Crippen molar-refractivity contribution in [3.63, 3.8) is 0 Å². The van der Waals surface area contributed by atoms with Gasteiger partial charge in [0.25, 0.3) is 5.91 Å². The number of hydrogen-bond acceptors (Lipinski definition) is 5.